The third-order valence-electron chi connectivity index (χ3n) is 5.13. The Morgan fingerprint density at radius 3 is 2.39 bits per heavy atom. The highest BCUT2D eigenvalue weighted by atomic mass is 32.2. The predicted octanol–water partition coefficient (Wildman–Crippen LogP) is 2.05. The molecule has 8 heteroatoms. The van der Waals surface area contributed by atoms with Crippen LogP contribution in [-0.4, -0.2) is 64.4 Å². The van der Waals surface area contributed by atoms with Crippen LogP contribution in [0.5, 0.6) is 0 Å². The summed E-state index contributed by atoms with van der Waals surface area (Å²) in [5.74, 6) is 0.627. The minimum Gasteiger partial charge on any atom is -0.379 e. The second kappa shape index (κ2) is 11.8. The normalized spacial score (nSPS) is 15.6. The molecule has 1 aliphatic rings. The lowest BCUT2D eigenvalue weighted by Crippen LogP contribution is -2.39. The Hall–Kier alpha value is -2.42. The van der Waals surface area contributed by atoms with Crippen molar-refractivity contribution in [1.82, 2.24) is 15.5 Å². The van der Waals surface area contributed by atoms with E-state index in [0.717, 1.165) is 32.8 Å². The van der Waals surface area contributed by atoms with E-state index in [1.807, 2.05) is 19.1 Å². The zero-order valence-corrected chi connectivity index (χ0v) is 18.9. The maximum absolute atomic E-state index is 12.5. The third-order valence-corrected chi connectivity index (χ3v) is 6.87. The van der Waals surface area contributed by atoms with Crippen LogP contribution in [0.4, 0.5) is 0 Å². The van der Waals surface area contributed by atoms with Crippen LogP contribution in [0.25, 0.3) is 0 Å². The second-order valence-corrected chi connectivity index (χ2v) is 9.52. The van der Waals surface area contributed by atoms with Gasteiger partial charge in [-0.1, -0.05) is 42.5 Å². The van der Waals surface area contributed by atoms with Crippen LogP contribution < -0.4 is 10.6 Å². The molecule has 3 rings (SSSR count). The van der Waals surface area contributed by atoms with Gasteiger partial charge in [-0.05, 0) is 30.2 Å². The quantitative estimate of drug-likeness (QED) is 0.455. The highest BCUT2D eigenvalue weighted by molar-refractivity contribution is 7.91. The van der Waals surface area contributed by atoms with Crippen molar-refractivity contribution >= 4 is 15.8 Å². The molecule has 0 spiro atoms. The van der Waals surface area contributed by atoms with Crippen LogP contribution >= 0.6 is 0 Å². The molecular formula is C23H32N4O3S. The van der Waals surface area contributed by atoms with Gasteiger partial charge in [0.1, 0.15) is 0 Å². The van der Waals surface area contributed by atoms with Crippen LogP contribution in [0.15, 0.2) is 64.5 Å². The lowest BCUT2D eigenvalue weighted by atomic mass is 10.1. The van der Waals surface area contributed by atoms with Gasteiger partial charge in [-0.3, -0.25) is 4.90 Å². The molecule has 0 bridgehead atoms. The first-order valence-electron chi connectivity index (χ1n) is 10.8. The maximum Gasteiger partial charge on any atom is 0.191 e. The maximum atomic E-state index is 12.5. The summed E-state index contributed by atoms with van der Waals surface area (Å²) in [5, 5.41) is 6.35. The molecule has 0 saturated carbocycles. The number of hydrogen-bond donors (Lipinski definition) is 2. The Morgan fingerprint density at radius 2 is 1.68 bits per heavy atom. The molecule has 31 heavy (non-hydrogen) atoms. The number of ether oxygens (including phenoxy) is 1. The molecule has 0 aliphatic carbocycles. The number of morpholine rings is 1. The Kier molecular flexibility index (Phi) is 8.87. The van der Waals surface area contributed by atoms with E-state index in [4.69, 9.17) is 4.74 Å². The molecule has 0 radical (unpaired) electrons. The van der Waals surface area contributed by atoms with Crippen molar-refractivity contribution in [2.75, 3.05) is 45.1 Å². The molecule has 0 atom stereocenters. The van der Waals surface area contributed by atoms with Crippen LogP contribution in [0.3, 0.4) is 0 Å². The van der Waals surface area contributed by atoms with Gasteiger partial charge in [0.05, 0.1) is 30.4 Å². The van der Waals surface area contributed by atoms with Crippen molar-refractivity contribution in [3.63, 3.8) is 0 Å². The lowest BCUT2D eigenvalue weighted by molar-refractivity contribution is 0.0341. The van der Waals surface area contributed by atoms with Crippen molar-refractivity contribution in [1.29, 1.82) is 0 Å². The van der Waals surface area contributed by atoms with Crippen molar-refractivity contribution in [3.8, 4) is 0 Å². The summed E-state index contributed by atoms with van der Waals surface area (Å²) < 4.78 is 30.4. The molecule has 1 fully saturated rings. The monoisotopic (exact) mass is 444 g/mol. The third kappa shape index (κ3) is 7.34. The number of aliphatic imine (C=N–C) groups is 1. The van der Waals surface area contributed by atoms with Crippen molar-refractivity contribution in [2.45, 2.75) is 24.9 Å². The second-order valence-electron chi connectivity index (χ2n) is 7.41. The Balaban J connectivity index is 1.59. The molecule has 2 aromatic rings. The summed E-state index contributed by atoms with van der Waals surface area (Å²) in [4.78, 5) is 7.42. The largest absolute Gasteiger partial charge is 0.379 e. The molecule has 0 amide bonds. The highest BCUT2D eigenvalue weighted by Gasteiger charge is 2.14. The number of rotatable bonds is 9. The van der Waals surface area contributed by atoms with Gasteiger partial charge in [0.2, 0.25) is 0 Å². The van der Waals surface area contributed by atoms with E-state index in [-0.39, 0.29) is 5.75 Å². The van der Waals surface area contributed by atoms with Gasteiger partial charge in [0.15, 0.2) is 15.8 Å². The van der Waals surface area contributed by atoms with Crippen LogP contribution in [0, 0.1) is 0 Å². The van der Waals surface area contributed by atoms with Crippen LogP contribution in [0.1, 0.15) is 18.1 Å². The Morgan fingerprint density at radius 1 is 1.00 bits per heavy atom. The van der Waals surface area contributed by atoms with Crippen LogP contribution in [0.2, 0.25) is 0 Å². The van der Waals surface area contributed by atoms with E-state index in [9.17, 15) is 8.42 Å². The molecule has 1 heterocycles. The minimum absolute atomic E-state index is 0.00897. The zero-order valence-electron chi connectivity index (χ0n) is 18.1. The Labute approximate surface area is 185 Å². The highest BCUT2D eigenvalue weighted by Crippen LogP contribution is 2.14. The van der Waals surface area contributed by atoms with Gasteiger partial charge in [-0.15, -0.1) is 0 Å². The number of nitrogens with one attached hydrogen (secondary N) is 2. The Bertz CT molecular complexity index is 942. The van der Waals surface area contributed by atoms with E-state index in [2.05, 4.69) is 38.7 Å². The number of guanidine groups is 1. The van der Waals surface area contributed by atoms with E-state index in [1.54, 1.807) is 24.3 Å². The summed E-state index contributed by atoms with van der Waals surface area (Å²) in [6.45, 7) is 7.84. The summed E-state index contributed by atoms with van der Waals surface area (Å²) in [6.07, 6.45) is 0. The number of hydrogen-bond acceptors (Lipinski definition) is 5. The minimum atomic E-state index is -3.32. The SMILES string of the molecule is CCNC(=NCc1ccccc1CN1CCOCC1)NCCS(=O)(=O)c1ccccc1. The van der Waals surface area contributed by atoms with Gasteiger partial charge in [0, 0.05) is 32.7 Å². The molecule has 0 aromatic heterocycles. The average molecular weight is 445 g/mol. The number of benzene rings is 2. The fourth-order valence-electron chi connectivity index (χ4n) is 3.42. The van der Waals surface area contributed by atoms with Gasteiger partial charge in [-0.2, -0.15) is 0 Å². The molecule has 168 valence electrons. The molecule has 2 aromatic carbocycles. The van der Waals surface area contributed by atoms with Crippen LogP contribution in [-0.2, 0) is 27.7 Å². The van der Waals surface area contributed by atoms with Crippen molar-refractivity contribution in [2.24, 2.45) is 4.99 Å². The lowest BCUT2D eigenvalue weighted by Gasteiger charge is -2.27. The molecule has 0 unspecified atom stereocenters. The molecular weight excluding hydrogens is 412 g/mol. The standard InChI is InChI=1S/C23H32N4O3S/c1-2-24-23(25-12-17-31(28,29)22-10-4-3-5-11-22)26-18-20-8-6-7-9-21(20)19-27-13-15-30-16-14-27/h3-11H,2,12-19H2,1H3,(H2,24,25,26). The van der Waals surface area contributed by atoms with Gasteiger partial charge < -0.3 is 15.4 Å². The first-order chi connectivity index (χ1) is 15.1. The smallest absolute Gasteiger partial charge is 0.191 e. The first-order valence-corrected chi connectivity index (χ1v) is 12.4. The molecule has 2 N–H and O–H groups in total. The summed E-state index contributed by atoms with van der Waals surface area (Å²) in [6, 6.07) is 16.9. The van der Waals surface area contributed by atoms with Crippen molar-refractivity contribution in [3.05, 3.63) is 65.7 Å². The van der Waals surface area contributed by atoms with E-state index < -0.39 is 9.84 Å². The zero-order chi connectivity index (χ0) is 21.9. The van der Waals surface area contributed by atoms with Gasteiger partial charge >= 0.3 is 0 Å². The van der Waals surface area contributed by atoms with Gasteiger partial charge in [-0.25, -0.2) is 13.4 Å². The topological polar surface area (TPSA) is 83.0 Å². The van der Waals surface area contributed by atoms with E-state index >= 15 is 0 Å². The fourth-order valence-corrected chi connectivity index (χ4v) is 4.60. The molecule has 7 nitrogen and oxygen atoms in total. The first kappa shape index (κ1) is 23.2. The van der Waals surface area contributed by atoms with Gasteiger partial charge in [0.25, 0.3) is 0 Å². The van der Waals surface area contributed by atoms with Crippen molar-refractivity contribution < 1.29 is 13.2 Å². The van der Waals surface area contributed by atoms with E-state index in [0.29, 0.717) is 30.5 Å². The molecule has 1 saturated heterocycles. The number of nitrogens with zero attached hydrogens (tertiary/aromatic N) is 2. The number of sulfone groups is 1. The molecule has 1 aliphatic heterocycles. The summed E-state index contributed by atoms with van der Waals surface area (Å²) in [7, 11) is -3.32. The predicted molar refractivity (Wildman–Crippen MR) is 124 cm³/mol. The summed E-state index contributed by atoms with van der Waals surface area (Å²) >= 11 is 0. The average Bonchev–Trinajstić information content (AvgIpc) is 2.79. The summed E-state index contributed by atoms with van der Waals surface area (Å²) in [5.41, 5.74) is 2.43. The van der Waals surface area contributed by atoms with E-state index in [1.165, 1.54) is 11.1 Å². The fraction of sp³-hybridized carbons (Fsp3) is 0.435.